The zero-order chi connectivity index (χ0) is 13.9. The van der Waals surface area contributed by atoms with Crippen molar-refractivity contribution in [3.63, 3.8) is 0 Å². The minimum Gasteiger partial charge on any atom is -0.395 e. The third kappa shape index (κ3) is 2.98. The third-order valence-electron chi connectivity index (χ3n) is 3.65. The molecule has 1 aromatic heterocycles. The van der Waals surface area contributed by atoms with E-state index in [0.29, 0.717) is 0 Å². The van der Waals surface area contributed by atoms with Crippen LogP contribution in [-0.4, -0.2) is 46.8 Å². The smallest absolute Gasteiger partial charge is 0.260 e. The summed E-state index contributed by atoms with van der Waals surface area (Å²) in [5.41, 5.74) is 0. The normalized spacial score (nSPS) is 18.1. The maximum atomic E-state index is 12.7. The molecule has 0 amide bonds. The molecular weight excluding hydrogens is 266 g/mol. The molecule has 0 aromatic carbocycles. The van der Waals surface area contributed by atoms with Crippen molar-refractivity contribution in [2.75, 3.05) is 13.2 Å². The molecule has 7 heteroatoms. The molecule has 0 saturated heterocycles. The van der Waals surface area contributed by atoms with Crippen LogP contribution >= 0.6 is 0 Å². The Morgan fingerprint density at radius 3 is 2.63 bits per heavy atom. The van der Waals surface area contributed by atoms with Gasteiger partial charge in [0.05, 0.1) is 12.8 Å². The summed E-state index contributed by atoms with van der Waals surface area (Å²) in [7, 11) is -1.96. The Bertz CT molecular complexity index is 506. The maximum absolute atomic E-state index is 12.7. The number of sulfonamides is 1. The van der Waals surface area contributed by atoms with Gasteiger partial charge in [-0.05, 0) is 18.9 Å². The number of aromatic nitrogens is 2. The Kier molecular flexibility index (Phi) is 4.59. The summed E-state index contributed by atoms with van der Waals surface area (Å²) < 4.78 is 28.1. The summed E-state index contributed by atoms with van der Waals surface area (Å²) in [6.45, 7) is -0.00817. The highest BCUT2D eigenvalue weighted by atomic mass is 32.2. The molecule has 0 bridgehead atoms. The molecule has 0 radical (unpaired) electrons. The molecule has 1 saturated carbocycles. The first-order valence-corrected chi connectivity index (χ1v) is 8.12. The van der Waals surface area contributed by atoms with Crippen molar-refractivity contribution in [2.45, 2.75) is 43.2 Å². The number of aliphatic hydroxyl groups excluding tert-OH is 1. The van der Waals surface area contributed by atoms with Gasteiger partial charge in [0.2, 0.25) is 0 Å². The summed E-state index contributed by atoms with van der Waals surface area (Å²) in [6.07, 6.45) is 6.48. The van der Waals surface area contributed by atoms with Crippen molar-refractivity contribution in [3.05, 3.63) is 12.3 Å². The predicted molar refractivity (Wildman–Crippen MR) is 71.1 cm³/mol. The number of aryl methyl sites for hydroxylation is 1. The molecule has 1 aromatic rings. The zero-order valence-corrected chi connectivity index (χ0v) is 12.0. The molecule has 1 aliphatic rings. The van der Waals surface area contributed by atoms with Crippen molar-refractivity contribution in [3.8, 4) is 0 Å². The highest BCUT2D eigenvalue weighted by Crippen LogP contribution is 2.27. The fraction of sp³-hybridized carbons (Fsp3) is 0.750. The summed E-state index contributed by atoms with van der Waals surface area (Å²) in [5, 5.41) is 13.3. The van der Waals surface area contributed by atoms with Crippen LogP contribution in [0.25, 0.3) is 0 Å². The van der Waals surface area contributed by atoms with E-state index >= 15 is 0 Å². The second-order valence-corrected chi connectivity index (χ2v) is 6.76. The van der Waals surface area contributed by atoms with Gasteiger partial charge in [0.1, 0.15) is 0 Å². The van der Waals surface area contributed by atoms with Crippen molar-refractivity contribution < 1.29 is 13.5 Å². The third-order valence-corrected chi connectivity index (χ3v) is 5.68. The lowest BCUT2D eigenvalue weighted by molar-refractivity contribution is 0.198. The summed E-state index contributed by atoms with van der Waals surface area (Å²) in [6, 6.07) is 1.50. The van der Waals surface area contributed by atoms with Gasteiger partial charge in [0, 0.05) is 19.6 Å². The average molecular weight is 287 g/mol. The molecule has 1 heterocycles. The van der Waals surface area contributed by atoms with E-state index < -0.39 is 10.0 Å². The maximum Gasteiger partial charge on any atom is 0.260 e. The lowest BCUT2D eigenvalue weighted by atomic mass is 9.95. The van der Waals surface area contributed by atoms with Crippen LogP contribution in [0.5, 0.6) is 0 Å². The molecule has 0 spiro atoms. The number of nitrogens with zero attached hydrogens (tertiary/aromatic N) is 3. The molecule has 1 N–H and O–H groups in total. The van der Waals surface area contributed by atoms with E-state index in [4.69, 9.17) is 5.11 Å². The van der Waals surface area contributed by atoms with Crippen LogP contribution in [0.2, 0.25) is 0 Å². The number of aliphatic hydroxyl groups is 1. The molecule has 1 fully saturated rings. The minimum atomic E-state index is -3.58. The SMILES string of the molecule is Cn1nccc1S(=O)(=O)N(CCO)C1CCCCC1. The van der Waals surface area contributed by atoms with Crippen LogP contribution in [0.1, 0.15) is 32.1 Å². The summed E-state index contributed by atoms with van der Waals surface area (Å²) in [4.78, 5) is 0. The Balaban J connectivity index is 2.29. The largest absolute Gasteiger partial charge is 0.395 e. The molecule has 0 atom stereocenters. The van der Waals surface area contributed by atoms with Gasteiger partial charge < -0.3 is 5.11 Å². The number of hydrogen-bond acceptors (Lipinski definition) is 4. The Morgan fingerprint density at radius 2 is 2.11 bits per heavy atom. The highest BCUT2D eigenvalue weighted by Gasteiger charge is 2.33. The fourth-order valence-corrected chi connectivity index (χ4v) is 4.48. The lowest BCUT2D eigenvalue weighted by Gasteiger charge is -2.32. The minimum absolute atomic E-state index is 0.000741. The van der Waals surface area contributed by atoms with Crippen LogP contribution < -0.4 is 0 Å². The van der Waals surface area contributed by atoms with Gasteiger partial charge in [-0.25, -0.2) is 8.42 Å². The molecule has 0 aliphatic heterocycles. The van der Waals surface area contributed by atoms with Crippen LogP contribution in [-0.2, 0) is 17.1 Å². The van der Waals surface area contributed by atoms with E-state index in [9.17, 15) is 8.42 Å². The Hall–Kier alpha value is -0.920. The molecule has 1 aliphatic carbocycles. The summed E-state index contributed by atoms with van der Waals surface area (Å²) in [5.74, 6) is 0. The predicted octanol–water partition coefficient (Wildman–Crippen LogP) is 0.736. The van der Waals surface area contributed by atoms with Crippen LogP contribution in [0.3, 0.4) is 0 Å². The molecule has 19 heavy (non-hydrogen) atoms. The standard InChI is InChI=1S/C12H21N3O3S/c1-14-12(7-8-13-14)19(17,18)15(9-10-16)11-5-3-2-4-6-11/h7-8,11,16H,2-6,9-10H2,1H3. The van der Waals surface area contributed by atoms with Crippen LogP contribution in [0, 0.1) is 0 Å². The molecular formula is C12H21N3O3S. The van der Waals surface area contributed by atoms with Gasteiger partial charge in [-0.2, -0.15) is 9.40 Å². The number of rotatable bonds is 5. The Labute approximate surface area is 114 Å². The first-order chi connectivity index (χ1) is 9.07. The zero-order valence-electron chi connectivity index (χ0n) is 11.2. The van der Waals surface area contributed by atoms with E-state index in [1.165, 1.54) is 21.3 Å². The lowest BCUT2D eigenvalue weighted by Crippen LogP contribution is -2.43. The van der Waals surface area contributed by atoms with Gasteiger partial charge in [-0.1, -0.05) is 19.3 Å². The second kappa shape index (κ2) is 6.02. The monoisotopic (exact) mass is 287 g/mol. The van der Waals surface area contributed by atoms with Gasteiger partial charge in [-0.15, -0.1) is 0 Å². The Morgan fingerprint density at radius 1 is 1.42 bits per heavy atom. The van der Waals surface area contributed by atoms with E-state index in [1.807, 2.05) is 0 Å². The highest BCUT2D eigenvalue weighted by molar-refractivity contribution is 7.89. The van der Waals surface area contributed by atoms with Crippen molar-refractivity contribution >= 4 is 10.0 Å². The van der Waals surface area contributed by atoms with E-state index in [2.05, 4.69) is 5.10 Å². The van der Waals surface area contributed by atoms with Crippen molar-refractivity contribution in [2.24, 2.45) is 7.05 Å². The van der Waals surface area contributed by atoms with E-state index in [-0.39, 0.29) is 24.2 Å². The summed E-state index contributed by atoms with van der Waals surface area (Å²) >= 11 is 0. The molecule has 0 unspecified atom stereocenters. The second-order valence-electron chi connectivity index (χ2n) is 4.92. The topological polar surface area (TPSA) is 75.4 Å². The van der Waals surface area contributed by atoms with E-state index in [0.717, 1.165) is 32.1 Å². The average Bonchev–Trinajstić information content (AvgIpc) is 2.84. The van der Waals surface area contributed by atoms with Crippen LogP contribution in [0.15, 0.2) is 17.3 Å². The fourth-order valence-electron chi connectivity index (χ4n) is 2.70. The quantitative estimate of drug-likeness (QED) is 0.866. The van der Waals surface area contributed by atoms with E-state index in [1.54, 1.807) is 7.05 Å². The molecule has 108 valence electrons. The van der Waals surface area contributed by atoms with Crippen molar-refractivity contribution in [1.82, 2.24) is 14.1 Å². The van der Waals surface area contributed by atoms with Crippen molar-refractivity contribution in [1.29, 1.82) is 0 Å². The van der Waals surface area contributed by atoms with Gasteiger partial charge in [-0.3, -0.25) is 4.68 Å². The first kappa shape index (κ1) is 14.5. The molecule has 2 rings (SSSR count). The van der Waals surface area contributed by atoms with Gasteiger partial charge >= 0.3 is 0 Å². The first-order valence-electron chi connectivity index (χ1n) is 6.68. The van der Waals surface area contributed by atoms with Crippen LogP contribution in [0.4, 0.5) is 0 Å². The van der Waals surface area contributed by atoms with Gasteiger partial charge in [0.25, 0.3) is 10.0 Å². The molecule has 6 nitrogen and oxygen atoms in total. The van der Waals surface area contributed by atoms with Gasteiger partial charge in [0.15, 0.2) is 5.03 Å². The number of hydrogen-bond donors (Lipinski definition) is 1.